The van der Waals surface area contributed by atoms with E-state index in [0.29, 0.717) is 18.9 Å². The molecular weight excluding hydrogens is 302 g/mol. The fourth-order valence-corrected chi connectivity index (χ4v) is 3.73. The predicted molar refractivity (Wildman–Crippen MR) is 93.2 cm³/mol. The predicted octanol–water partition coefficient (Wildman–Crippen LogP) is 1.49. The van der Waals surface area contributed by atoms with Gasteiger partial charge in [0.05, 0.1) is 5.92 Å². The summed E-state index contributed by atoms with van der Waals surface area (Å²) in [5, 5.41) is 3.08. The Morgan fingerprint density at radius 1 is 1.25 bits per heavy atom. The zero-order chi connectivity index (χ0) is 16.9. The minimum Gasteiger partial charge on any atom is -0.355 e. The molecule has 0 unspecified atom stereocenters. The Morgan fingerprint density at radius 2 is 2.04 bits per heavy atom. The smallest absolute Gasteiger partial charge is 0.225 e. The van der Waals surface area contributed by atoms with Crippen LogP contribution in [0, 0.1) is 11.8 Å². The van der Waals surface area contributed by atoms with E-state index in [2.05, 4.69) is 34.5 Å². The van der Waals surface area contributed by atoms with Crippen LogP contribution in [0.15, 0.2) is 30.3 Å². The van der Waals surface area contributed by atoms with Gasteiger partial charge in [-0.25, -0.2) is 0 Å². The van der Waals surface area contributed by atoms with Gasteiger partial charge in [0.25, 0.3) is 0 Å². The summed E-state index contributed by atoms with van der Waals surface area (Å²) in [6, 6.07) is 10.5. The summed E-state index contributed by atoms with van der Waals surface area (Å²) in [6.45, 7) is 4.40. The number of nitrogens with one attached hydrogen (secondary N) is 1. The van der Waals surface area contributed by atoms with Crippen LogP contribution in [0.4, 0.5) is 0 Å². The van der Waals surface area contributed by atoms with Crippen LogP contribution in [0.3, 0.4) is 0 Å². The molecule has 0 spiro atoms. The first-order valence-electron chi connectivity index (χ1n) is 8.90. The van der Waals surface area contributed by atoms with E-state index in [1.807, 2.05) is 6.07 Å². The number of hydrogen-bond donors (Lipinski definition) is 1. The molecule has 0 bridgehead atoms. The van der Waals surface area contributed by atoms with Crippen LogP contribution in [0.25, 0.3) is 0 Å². The quantitative estimate of drug-likeness (QED) is 0.890. The van der Waals surface area contributed by atoms with Gasteiger partial charge in [-0.1, -0.05) is 30.3 Å². The van der Waals surface area contributed by atoms with Crippen molar-refractivity contribution in [3.8, 4) is 0 Å². The highest BCUT2D eigenvalue weighted by atomic mass is 16.2. The standard InChI is InChI=1S/C19H27N3O2/c1-21-14-17(10-18(21)23)19(24)20-11-16-8-5-9-22(13-16)12-15-6-3-2-4-7-15/h2-4,6-7,16-17H,5,8-14H2,1H3,(H,20,24)/t16-,17-/m0/s1. The molecule has 2 saturated heterocycles. The minimum absolute atomic E-state index is 0.0351. The van der Waals surface area contributed by atoms with Gasteiger partial charge in [0.15, 0.2) is 0 Å². The van der Waals surface area contributed by atoms with Crippen molar-refractivity contribution in [1.29, 1.82) is 0 Å². The van der Waals surface area contributed by atoms with Crippen LogP contribution in [0.1, 0.15) is 24.8 Å². The molecule has 2 atom stereocenters. The molecule has 3 rings (SSSR count). The molecule has 0 radical (unpaired) electrons. The minimum atomic E-state index is -0.175. The van der Waals surface area contributed by atoms with Crippen LogP contribution in [0.5, 0.6) is 0 Å². The summed E-state index contributed by atoms with van der Waals surface area (Å²) in [7, 11) is 1.76. The van der Waals surface area contributed by atoms with Gasteiger partial charge in [0, 0.05) is 39.6 Å². The number of likely N-dealkylation sites (tertiary alicyclic amines) is 2. The first-order valence-corrected chi connectivity index (χ1v) is 8.90. The maximum atomic E-state index is 12.2. The Labute approximate surface area is 144 Å². The Morgan fingerprint density at radius 3 is 2.75 bits per heavy atom. The van der Waals surface area contributed by atoms with E-state index in [1.54, 1.807) is 11.9 Å². The summed E-state index contributed by atoms with van der Waals surface area (Å²) >= 11 is 0. The van der Waals surface area contributed by atoms with Crippen LogP contribution < -0.4 is 5.32 Å². The highest BCUT2D eigenvalue weighted by Gasteiger charge is 2.32. The Hall–Kier alpha value is -1.88. The van der Waals surface area contributed by atoms with Gasteiger partial charge in [0.1, 0.15) is 0 Å². The normalized spacial score (nSPS) is 25.0. The first-order chi connectivity index (χ1) is 11.6. The van der Waals surface area contributed by atoms with E-state index >= 15 is 0 Å². The highest BCUT2D eigenvalue weighted by molar-refractivity contribution is 5.89. The second-order valence-electron chi connectivity index (χ2n) is 7.15. The average Bonchev–Trinajstić information content (AvgIpc) is 2.93. The lowest BCUT2D eigenvalue weighted by Crippen LogP contribution is -2.42. The van der Waals surface area contributed by atoms with Crippen LogP contribution in [0.2, 0.25) is 0 Å². The maximum Gasteiger partial charge on any atom is 0.225 e. The molecule has 2 aliphatic rings. The average molecular weight is 329 g/mol. The van der Waals surface area contributed by atoms with Crippen molar-refractivity contribution in [2.24, 2.45) is 11.8 Å². The van der Waals surface area contributed by atoms with E-state index in [-0.39, 0.29) is 17.7 Å². The van der Waals surface area contributed by atoms with Gasteiger partial charge >= 0.3 is 0 Å². The number of amides is 2. The molecule has 0 saturated carbocycles. The van der Waals surface area contributed by atoms with Crippen molar-refractivity contribution in [1.82, 2.24) is 15.1 Å². The molecule has 2 amide bonds. The van der Waals surface area contributed by atoms with Gasteiger partial charge in [0.2, 0.25) is 11.8 Å². The number of hydrogen-bond acceptors (Lipinski definition) is 3. The topological polar surface area (TPSA) is 52.7 Å². The molecule has 1 aromatic rings. The molecule has 0 aromatic heterocycles. The summed E-state index contributed by atoms with van der Waals surface area (Å²) in [5.74, 6) is 0.433. The van der Waals surface area contributed by atoms with Gasteiger partial charge in [-0.05, 0) is 30.9 Å². The molecule has 1 N–H and O–H groups in total. The highest BCUT2D eigenvalue weighted by Crippen LogP contribution is 2.19. The fourth-order valence-electron chi connectivity index (χ4n) is 3.73. The number of rotatable bonds is 5. The molecule has 5 heteroatoms. The molecule has 24 heavy (non-hydrogen) atoms. The summed E-state index contributed by atoms with van der Waals surface area (Å²) in [5.41, 5.74) is 1.34. The lowest BCUT2D eigenvalue weighted by molar-refractivity contribution is -0.128. The van der Waals surface area contributed by atoms with Crippen molar-refractivity contribution in [3.05, 3.63) is 35.9 Å². The van der Waals surface area contributed by atoms with E-state index in [4.69, 9.17) is 0 Å². The van der Waals surface area contributed by atoms with Crippen molar-refractivity contribution in [3.63, 3.8) is 0 Å². The Bertz CT molecular complexity index is 575. The number of carbonyl (C=O) groups is 2. The lowest BCUT2D eigenvalue weighted by atomic mass is 9.97. The Kier molecular flexibility index (Phi) is 5.51. The van der Waals surface area contributed by atoms with Gasteiger partial charge in [-0.15, -0.1) is 0 Å². The van der Waals surface area contributed by atoms with Crippen molar-refractivity contribution < 1.29 is 9.59 Å². The third-order valence-electron chi connectivity index (χ3n) is 5.13. The molecule has 5 nitrogen and oxygen atoms in total. The van der Waals surface area contributed by atoms with E-state index < -0.39 is 0 Å². The molecule has 2 heterocycles. The molecule has 2 aliphatic heterocycles. The maximum absolute atomic E-state index is 12.2. The number of benzene rings is 1. The second-order valence-corrected chi connectivity index (χ2v) is 7.15. The van der Waals surface area contributed by atoms with E-state index in [1.165, 1.54) is 12.0 Å². The summed E-state index contributed by atoms with van der Waals surface area (Å²) in [6.07, 6.45) is 2.69. The molecule has 2 fully saturated rings. The molecule has 130 valence electrons. The number of carbonyl (C=O) groups excluding carboxylic acids is 2. The first kappa shape index (κ1) is 17.0. The SMILES string of the molecule is CN1C[C@@H](C(=O)NC[C@@H]2CCCN(Cc3ccccc3)C2)CC1=O. The summed E-state index contributed by atoms with van der Waals surface area (Å²) in [4.78, 5) is 27.9. The molecular formula is C19H27N3O2. The van der Waals surface area contributed by atoms with Crippen molar-refractivity contribution >= 4 is 11.8 Å². The van der Waals surface area contributed by atoms with Crippen molar-refractivity contribution in [2.45, 2.75) is 25.8 Å². The largest absolute Gasteiger partial charge is 0.355 e. The van der Waals surface area contributed by atoms with E-state index in [0.717, 1.165) is 32.6 Å². The third-order valence-corrected chi connectivity index (χ3v) is 5.13. The van der Waals surface area contributed by atoms with Crippen molar-refractivity contribution in [2.75, 3.05) is 33.2 Å². The van der Waals surface area contributed by atoms with Crippen LogP contribution >= 0.6 is 0 Å². The zero-order valence-corrected chi connectivity index (χ0v) is 14.4. The Balaban J connectivity index is 1.44. The zero-order valence-electron chi connectivity index (χ0n) is 14.4. The van der Waals surface area contributed by atoms with Gasteiger partial charge < -0.3 is 10.2 Å². The van der Waals surface area contributed by atoms with Crippen LogP contribution in [-0.4, -0.2) is 54.8 Å². The van der Waals surface area contributed by atoms with Gasteiger partial charge in [-0.2, -0.15) is 0 Å². The van der Waals surface area contributed by atoms with E-state index in [9.17, 15) is 9.59 Å². The lowest BCUT2D eigenvalue weighted by Gasteiger charge is -2.33. The third kappa shape index (κ3) is 4.35. The molecule has 0 aliphatic carbocycles. The monoisotopic (exact) mass is 329 g/mol. The number of nitrogens with zero attached hydrogens (tertiary/aromatic N) is 2. The molecule has 1 aromatic carbocycles. The van der Waals surface area contributed by atoms with Gasteiger partial charge in [-0.3, -0.25) is 14.5 Å². The fraction of sp³-hybridized carbons (Fsp3) is 0.579. The summed E-state index contributed by atoms with van der Waals surface area (Å²) < 4.78 is 0. The number of piperidine rings is 1. The second kappa shape index (κ2) is 7.79. The van der Waals surface area contributed by atoms with Crippen LogP contribution in [-0.2, 0) is 16.1 Å².